The van der Waals surface area contributed by atoms with E-state index in [0.717, 1.165) is 24.6 Å². The van der Waals surface area contributed by atoms with Crippen molar-refractivity contribution < 1.29 is 0 Å². The van der Waals surface area contributed by atoms with Gasteiger partial charge in [0.1, 0.15) is 0 Å². The molecule has 1 heterocycles. The van der Waals surface area contributed by atoms with Crippen LogP contribution in [-0.2, 0) is 6.54 Å². The lowest BCUT2D eigenvalue weighted by molar-refractivity contribution is 0.400. The summed E-state index contributed by atoms with van der Waals surface area (Å²) >= 11 is 1.76. The molecule has 1 aromatic rings. The molecule has 0 amide bonds. The van der Waals surface area contributed by atoms with Crippen molar-refractivity contribution in [3.05, 3.63) is 16.1 Å². The number of thiazole rings is 1. The van der Waals surface area contributed by atoms with Crippen LogP contribution in [0.5, 0.6) is 0 Å². The minimum atomic E-state index is 0.944. The minimum Gasteiger partial charge on any atom is -0.311 e. The zero-order chi connectivity index (χ0) is 9.68. The van der Waals surface area contributed by atoms with Gasteiger partial charge in [-0.05, 0) is 21.0 Å². The molecule has 1 aromatic heterocycles. The van der Waals surface area contributed by atoms with E-state index in [0.29, 0.717) is 0 Å². The van der Waals surface area contributed by atoms with Crippen molar-refractivity contribution >= 4 is 11.3 Å². The third-order valence-electron chi connectivity index (χ3n) is 1.70. The van der Waals surface area contributed by atoms with Crippen molar-refractivity contribution in [2.24, 2.45) is 0 Å². The van der Waals surface area contributed by atoms with E-state index in [4.69, 9.17) is 0 Å². The monoisotopic (exact) mass is 199 g/mol. The predicted molar refractivity (Wildman–Crippen MR) is 57.1 cm³/mol. The number of aryl methyl sites for hydroxylation is 1. The summed E-state index contributed by atoms with van der Waals surface area (Å²) in [5.74, 6) is 0. The first-order valence-corrected chi connectivity index (χ1v) is 5.27. The van der Waals surface area contributed by atoms with Crippen LogP contribution in [0.15, 0.2) is 6.20 Å². The first kappa shape index (κ1) is 10.6. The maximum Gasteiger partial charge on any atom is 0.0897 e. The fraction of sp³-hybridized carbons (Fsp3) is 0.667. The van der Waals surface area contributed by atoms with Crippen LogP contribution in [0, 0.1) is 6.92 Å². The molecule has 0 aromatic carbocycles. The van der Waals surface area contributed by atoms with Gasteiger partial charge in [0.15, 0.2) is 0 Å². The zero-order valence-corrected chi connectivity index (χ0v) is 9.32. The van der Waals surface area contributed by atoms with E-state index < -0.39 is 0 Å². The highest BCUT2D eigenvalue weighted by molar-refractivity contribution is 7.11. The molecule has 4 heteroatoms. The average Bonchev–Trinajstić information content (AvgIpc) is 2.45. The molecule has 0 atom stereocenters. The summed E-state index contributed by atoms with van der Waals surface area (Å²) in [5.41, 5.74) is 0. The zero-order valence-electron chi connectivity index (χ0n) is 8.50. The van der Waals surface area contributed by atoms with Gasteiger partial charge in [0.2, 0.25) is 0 Å². The van der Waals surface area contributed by atoms with Gasteiger partial charge in [-0.1, -0.05) is 0 Å². The molecule has 0 radical (unpaired) electrons. The quantitative estimate of drug-likeness (QED) is 0.720. The molecule has 74 valence electrons. The lowest BCUT2D eigenvalue weighted by Crippen LogP contribution is -2.25. The van der Waals surface area contributed by atoms with Crippen molar-refractivity contribution in [1.82, 2.24) is 15.2 Å². The number of nitrogens with one attached hydrogen (secondary N) is 1. The molecule has 0 aliphatic rings. The third-order valence-corrected chi connectivity index (χ3v) is 2.62. The predicted octanol–water partition coefficient (Wildman–Crippen LogP) is 1.10. The Hall–Kier alpha value is -0.450. The summed E-state index contributed by atoms with van der Waals surface area (Å²) in [6.45, 7) is 5.09. The van der Waals surface area contributed by atoms with Gasteiger partial charge in [-0.3, -0.25) is 0 Å². The summed E-state index contributed by atoms with van der Waals surface area (Å²) < 4.78 is 0. The molecule has 0 unspecified atom stereocenters. The second-order valence-electron chi connectivity index (χ2n) is 3.33. The first-order chi connectivity index (χ1) is 6.18. The highest BCUT2D eigenvalue weighted by Crippen LogP contribution is 2.10. The largest absolute Gasteiger partial charge is 0.311 e. The van der Waals surface area contributed by atoms with E-state index >= 15 is 0 Å². The van der Waals surface area contributed by atoms with Gasteiger partial charge in [-0.15, -0.1) is 11.3 Å². The van der Waals surface area contributed by atoms with E-state index in [1.54, 1.807) is 11.3 Å². The molecular formula is C9H17N3S. The van der Waals surface area contributed by atoms with Crippen LogP contribution in [0.4, 0.5) is 0 Å². The van der Waals surface area contributed by atoms with Gasteiger partial charge in [-0.25, -0.2) is 4.98 Å². The molecule has 13 heavy (non-hydrogen) atoms. The summed E-state index contributed by atoms with van der Waals surface area (Å²) in [7, 11) is 4.16. The molecule has 0 fully saturated rings. The van der Waals surface area contributed by atoms with Crippen LogP contribution in [0.3, 0.4) is 0 Å². The Bertz CT molecular complexity index is 245. The summed E-state index contributed by atoms with van der Waals surface area (Å²) in [6.07, 6.45) is 1.95. The van der Waals surface area contributed by atoms with E-state index in [1.807, 2.05) is 13.1 Å². The van der Waals surface area contributed by atoms with Gasteiger partial charge < -0.3 is 10.2 Å². The Kier molecular flexibility index (Phi) is 4.35. The Morgan fingerprint density at radius 1 is 1.54 bits per heavy atom. The fourth-order valence-electron chi connectivity index (χ4n) is 1.00. The van der Waals surface area contributed by atoms with Crippen LogP contribution in [0.1, 0.15) is 9.88 Å². The lowest BCUT2D eigenvalue weighted by atomic mass is 10.5. The highest BCUT2D eigenvalue weighted by atomic mass is 32.1. The number of rotatable bonds is 5. The van der Waals surface area contributed by atoms with E-state index in [1.165, 1.54) is 4.88 Å². The van der Waals surface area contributed by atoms with Crippen LogP contribution in [0.25, 0.3) is 0 Å². The first-order valence-electron chi connectivity index (χ1n) is 4.45. The molecule has 0 bridgehead atoms. The average molecular weight is 199 g/mol. The minimum absolute atomic E-state index is 0.944. The fourth-order valence-corrected chi connectivity index (χ4v) is 1.77. The third kappa shape index (κ3) is 4.36. The number of hydrogen-bond donors (Lipinski definition) is 1. The van der Waals surface area contributed by atoms with Gasteiger partial charge >= 0.3 is 0 Å². The molecule has 1 N–H and O–H groups in total. The standard InChI is InChI=1S/C9H17N3S/c1-8-11-7-9(13-8)6-10-4-5-12(2)3/h7,10H,4-6H2,1-3H3. The second kappa shape index (κ2) is 5.32. The Morgan fingerprint density at radius 2 is 2.31 bits per heavy atom. The molecule has 0 spiro atoms. The number of aromatic nitrogens is 1. The molecule has 0 aliphatic carbocycles. The SMILES string of the molecule is Cc1ncc(CNCCN(C)C)s1. The summed E-state index contributed by atoms with van der Waals surface area (Å²) in [5, 5.41) is 4.52. The van der Waals surface area contributed by atoms with Crippen molar-refractivity contribution in [3.63, 3.8) is 0 Å². The van der Waals surface area contributed by atoms with Crippen molar-refractivity contribution in [2.45, 2.75) is 13.5 Å². The summed E-state index contributed by atoms with van der Waals surface area (Å²) in [4.78, 5) is 7.69. The van der Waals surface area contributed by atoms with Gasteiger partial charge in [0.05, 0.1) is 5.01 Å². The second-order valence-corrected chi connectivity index (χ2v) is 4.64. The normalized spacial score (nSPS) is 11.1. The molecular weight excluding hydrogens is 182 g/mol. The molecule has 0 aliphatic heterocycles. The number of likely N-dealkylation sites (N-methyl/N-ethyl adjacent to an activating group) is 1. The van der Waals surface area contributed by atoms with Gasteiger partial charge in [0.25, 0.3) is 0 Å². The molecule has 3 nitrogen and oxygen atoms in total. The van der Waals surface area contributed by atoms with Crippen LogP contribution in [-0.4, -0.2) is 37.1 Å². The molecule has 1 rings (SSSR count). The maximum atomic E-state index is 4.20. The van der Waals surface area contributed by atoms with Crippen molar-refractivity contribution in [1.29, 1.82) is 0 Å². The number of hydrogen-bond acceptors (Lipinski definition) is 4. The van der Waals surface area contributed by atoms with Crippen LogP contribution < -0.4 is 5.32 Å². The molecule has 0 saturated heterocycles. The maximum absolute atomic E-state index is 4.20. The van der Waals surface area contributed by atoms with Crippen molar-refractivity contribution in [3.8, 4) is 0 Å². The smallest absolute Gasteiger partial charge is 0.0897 e. The Balaban J connectivity index is 2.13. The Morgan fingerprint density at radius 3 is 2.85 bits per heavy atom. The lowest BCUT2D eigenvalue weighted by Gasteiger charge is -2.09. The van der Waals surface area contributed by atoms with E-state index in [-0.39, 0.29) is 0 Å². The number of nitrogens with zero attached hydrogens (tertiary/aromatic N) is 2. The van der Waals surface area contributed by atoms with Crippen molar-refractivity contribution in [2.75, 3.05) is 27.2 Å². The topological polar surface area (TPSA) is 28.2 Å². The molecule has 0 saturated carbocycles. The Labute approximate surface area is 83.8 Å². The van der Waals surface area contributed by atoms with Gasteiger partial charge in [0, 0.05) is 30.7 Å². The van der Waals surface area contributed by atoms with Gasteiger partial charge in [-0.2, -0.15) is 0 Å². The summed E-state index contributed by atoms with van der Waals surface area (Å²) in [6, 6.07) is 0. The van der Waals surface area contributed by atoms with Crippen LogP contribution in [0.2, 0.25) is 0 Å². The highest BCUT2D eigenvalue weighted by Gasteiger charge is 1.96. The van der Waals surface area contributed by atoms with Crippen LogP contribution >= 0.6 is 11.3 Å². The van der Waals surface area contributed by atoms with E-state index in [2.05, 4.69) is 29.3 Å². The van der Waals surface area contributed by atoms with E-state index in [9.17, 15) is 0 Å².